The van der Waals surface area contributed by atoms with Gasteiger partial charge in [0.25, 0.3) is 0 Å². The van der Waals surface area contributed by atoms with E-state index in [1.54, 1.807) is 0 Å². The third-order valence-electron chi connectivity index (χ3n) is 5.66. The summed E-state index contributed by atoms with van der Waals surface area (Å²) in [5.74, 6) is 3.63. The van der Waals surface area contributed by atoms with Gasteiger partial charge in [-0.3, -0.25) is 0 Å². The first-order chi connectivity index (χ1) is 11.8. The Morgan fingerprint density at radius 1 is 0.885 bits per heavy atom. The van der Waals surface area contributed by atoms with Crippen LogP contribution in [0.4, 0.5) is 0 Å². The predicted octanol–water partition coefficient (Wildman–Crippen LogP) is 6.33. The Morgan fingerprint density at radius 2 is 1.38 bits per heavy atom. The number of fused-ring (bicyclic) bond motifs is 1. The summed E-state index contributed by atoms with van der Waals surface area (Å²) in [6.45, 7) is 14.8. The highest BCUT2D eigenvalue weighted by atomic mass is 35.5. The second-order valence-electron chi connectivity index (χ2n) is 8.04. The Bertz CT molecular complexity index is 762. The minimum absolute atomic E-state index is 0. The Labute approximate surface area is 167 Å². The van der Waals surface area contributed by atoms with Crippen molar-refractivity contribution in [3.05, 3.63) is 47.5 Å². The zero-order chi connectivity index (χ0) is 18.6. The Kier molecular flexibility index (Phi) is 8.41. The predicted molar refractivity (Wildman–Crippen MR) is 122 cm³/mol. The molecule has 3 heteroatoms. The van der Waals surface area contributed by atoms with Gasteiger partial charge in [-0.1, -0.05) is 71.7 Å². The molecule has 0 aliphatic rings. The van der Waals surface area contributed by atoms with Gasteiger partial charge in [0, 0.05) is 5.56 Å². The van der Waals surface area contributed by atoms with Crippen LogP contribution in [-0.4, -0.2) is 14.6 Å². The molecule has 0 bridgehead atoms. The molecule has 0 fully saturated rings. The Balaban J connectivity index is 0.00000338. The molecule has 2 N–H and O–H groups in total. The fourth-order valence-corrected chi connectivity index (χ4v) is 9.59. The van der Waals surface area contributed by atoms with Crippen molar-refractivity contribution in [3.8, 4) is 11.5 Å². The average molecular weight is 388 g/mol. The Morgan fingerprint density at radius 3 is 1.85 bits per heavy atom. The van der Waals surface area contributed by atoms with E-state index in [0.717, 1.165) is 6.42 Å². The van der Waals surface area contributed by atoms with Crippen LogP contribution in [0.5, 0.6) is 0 Å². The lowest BCUT2D eigenvalue weighted by atomic mass is 9.99. The molecule has 2 aromatic carbocycles. The standard InChI is InChI=1S/C23H33NSi.ClH/c1-17(2)25(18(3)4,19(5)6)14-12-23-16-21-10-8-7-9-20(21)15-22(23)11-13-24;/h7-10,15-19H,11,13,24H2,1-6H3;1H. The minimum atomic E-state index is -1.72. The molecule has 1 nitrogen and oxygen atoms in total. The lowest BCUT2D eigenvalue weighted by Crippen LogP contribution is -2.43. The molecule has 0 radical (unpaired) electrons. The van der Waals surface area contributed by atoms with E-state index in [0.29, 0.717) is 23.2 Å². The molecule has 0 aliphatic heterocycles. The van der Waals surface area contributed by atoms with Gasteiger partial charge in [-0.25, -0.2) is 0 Å². The van der Waals surface area contributed by atoms with Crippen molar-refractivity contribution in [2.45, 2.75) is 64.6 Å². The summed E-state index contributed by atoms with van der Waals surface area (Å²) in [6, 6.07) is 13.1. The number of halogens is 1. The lowest BCUT2D eigenvalue weighted by Gasteiger charge is -2.38. The van der Waals surface area contributed by atoms with Crippen molar-refractivity contribution in [2.75, 3.05) is 6.54 Å². The van der Waals surface area contributed by atoms with E-state index in [4.69, 9.17) is 5.73 Å². The summed E-state index contributed by atoms with van der Waals surface area (Å²) in [5, 5.41) is 2.54. The Hall–Kier alpha value is -1.27. The van der Waals surface area contributed by atoms with Gasteiger partial charge in [0.2, 0.25) is 0 Å². The molecule has 0 saturated heterocycles. The van der Waals surface area contributed by atoms with E-state index in [2.05, 4.69) is 89.4 Å². The molecule has 26 heavy (non-hydrogen) atoms. The van der Waals surface area contributed by atoms with Crippen LogP contribution in [0.2, 0.25) is 16.6 Å². The zero-order valence-electron chi connectivity index (χ0n) is 17.1. The van der Waals surface area contributed by atoms with Gasteiger partial charge < -0.3 is 5.73 Å². The first-order valence-electron chi connectivity index (χ1n) is 9.57. The fourth-order valence-electron chi connectivity index (χ4n) is 4.37. The highest BCUT2D eigenvalue weighted by Gasteiger charge is 2.41. The molecule has 0 heterocycles. The van der Waals surface area contributed by atoms with Crippen LogP contribution >= 0.6 is 12.4 Å². The van der Waals surface area contributed by atoms with Gasteiger partial charge in [-0.15, -0.1) is 18.0 Å². The molecule has 0 aromatic heterocycles. The third kappa shape index (κ3) is 4.52. The van der Waals surface area contributed by atoms with E-state index in [9.17, 15) is 0 Å². The van der Waals surface area contributed by atoms with Gasteiger partial charge in [0.15, 0.2) is 0 Å². The van der Waals surface area contributed by atoms with Crippen LogP contribution in [0.25, 0.3) is 10.8 Å². The van der Waals surface area contributed by atoms with Crippen molar-refractivity contribution in [3.63, 3.8) is 0 Å². The van der Waals surface area contributed by atoms with E-state index < -0.39 is 8.07 Å². The lowest BCUT2D eigenvalue weighted by molar-refractivity contribution is 0.838. The molecule has 0 saturated carbocycles. The van der Waals surface area contributed by atoms with Crippen molar-refractivity contribution in [2.24, 2.45) is 5.73 Å². The van der Waals surface area contributed by atoms with E-state index in [1.807, 2.05) is 0 Å². The largest absolute Gasteiger partial charge is 0.330 e. The summed E-state index contributed by atoms with van der Waals surface area (Å²) < 4.78 is 0. The van der Waals surface area contributed by atoms with Crippen LogP contribution in [-0.2, 0) is 6.42 Å². The fraction of sp³-hybridized carbons (Fsp3) is 0.478. The van der Waals surface area contributed by atoms with Crippen LogP contribution in [0, 0.1) is 11.5 Å². The average Bonchev–Trinajstić information content (AvgIpc) is 2.54. The molecule has 0 spiro atoms. The number of benzene rings is 2. The first kappa shape index (κ1) is 22.8. The molecule has 2 rings (SSSR count). The second kappa shape index (κ2) is 9.60. The topological polar surface area (TPSA) is 26.0 Å². The van der Waals surface area contributed by atoms with Crippen LogP contribution < -0.4 is 5.73 Å². The maximum absolute atomic E-state index is 5.86. The minimum Gasteiger partial charge on any atom is -0.330 e. The number of rotatable bonds is 5. The smallest absolute Gasteiger partial charge is 0.146 e. The molecule has 2 aromatic rings. The van der Waals surface area contributed by atoms with Crippen LogP contribution in [0.15, 0.2) is 36.4 Å². The molecular formula is C23H34ClNSi. The first-order valence-corrected chi connectivity index (χ1v) is 11.8. The van der Waals surface area contributed by atoms with Crippen molar-refractivity contribution >= 4 is 31.3 Å². The van der Waals surface area contributed by atoms with Crippen molar-refractivity contribution < 1.29 is 0 Å². The monoisotopic (exact) mass is 387 g/mol. The second-order valence-corrected chi connectivity index (χ2v) is 13.6. The zero-order valence-corrected chi connectivity index (χ0v) is 18.9. The summed E-state index contributed by atoms with van der Waals surface area (Å²) in [5.41, 5.74) is 14.1. The molecule has 0 atom stereocenters. The number of hydrogen-bond donors (Lipinski definition) is 1. The SMILES string of the molecule is CC(C)[Si](C#Cc1cc2ccccc2cc1CCN)(C(C)C)C(C)C.Cl. The van der Waals surface area contributed by atoms with E-state index >= 15 is 0 Å². The molecular weight excluding hydrogens is 354 g/mol. The van der Waals surface area contributed by atoms with Gasteiger partial charge in [-0.05, 0) is 58.1 Å². The third-order valence-corrected chi connectivity index (χ3v) is 12.0. The summed E-state index contributed by atoms with van der Waals surface area (Å²) in [6.07, 6.45) is 0.883. The summed E-state index contributed by atoms with van der Waals surface area (Å²) >= 11 is 0. The summed E-state index contributed by atoms with van der Waals surface area (Å²) in [7, 11) is -1.72. The van der Waals surface area contributed by atoms with Gasteiger partial charge in [-0.2, -0.15) is 0 Å². The van der Waals surface area contributed by atoms with Crippen LogP contribution in [0.3, 0.4) is 0 Å². The summed E-state index contributed by atoms with van der Waals surface area (Å²) in [4.78, 5) is 0. The highest BCUT2D eigenvalue weighted by molar-refractivity contribution is 6.90. The maximum Gasteiger partial charge on any atom is 0.146 e. The maximum atomic E-state index is 5.86. The number of nitrogens with two attached hydrogens (primary N) is 1. The molecule has 0 aliphatic carbocycles. The van der Waals surface area contributed by atoms with Gasteiger partial charge >= 0.3 is 0 Å². The molecule has 142 valence electrons. The van der Waals surface area contributed by atoms with Crippen molar-refractivity contribution in [1.82, 2.24) is 0 Å². The van der Waals surface area contributed by atoms with Crippen LogP contribution in [0.1, 0.15) is 52.7 Å². The number of hydrogen-bond acceptors (Lipinski definition) is 1. The van der Waals surface area contributed by atoms with E-state index in [-0.39, 0.29) is 12.4 Å². The normalized spacial score (nSPS) is 11.6. The van der Waals surface area contributed by atoms with Gasteiger partial charge in [0.1, 0.15) is 8.07 Å². The van der Waals surface area contributed by atoms with Crippen molar-refractivity contribution in [1.29, 1.82) is 0 Å². The van der Waals surface area contributed by atoms with Gasteiger partial charge in [0.05, 0.1) is 0 Å². The molecule has 0 unspecified atom stereocenters. The molecule has 0 amide bonds. The highest BCUT2D eigenvalue weighted by Crippen LogP contribution is 2.40. The quantitative estimate of drug-likeness (QED) is 0.470. The van der Waals surface area contributed by atoms with E-state index in [1.165, 1.54) is 21.9 Å².